The molecule has 1 aromatic heterocycles. The van der Waals surface area contributed by atoms with E-state index in [0.717, 1.165) is 22.8 Å². The van der Waals surface area contributed by atoms with Crippen LogP contribution in [0.15, 0.2) is 29.7 Å². The third-order valence-electron chi connectivity index (χ3n) is 3.96. The third-order valence-corrected chi connectivity index (χ3v) is 5.11. The first-order valence-electron chi connectivity index (χ1n) is 7.43. The fourth-order valence-electron chi connectivity index (χ4n) is 2.71. The molecule has 1 aliphatic rings. The van der Waals surface area contributed by atoms with Crippen molar-refractivity contribution < 1.29 is 9.59 Å². The van der Waals surface area contributed by atoms with E-state index in [1.165, 1.54) is 11.8 Å². The van der Waals surface area contributed by atoms with Gasteiger partial charge in [-0.3, -0.25) is 9.59 Å². The van der Waals surface area contributed by atoms with Crippen LogP contribution in [0.2, 0.25) is 0 Å². The molecule has 2 heterocycles. The van der Waals surface area contributed by atoms with Gasteiger partial charge < -0.3 is 9.47 Å². The topological polar surface area (TPSA) is 68.1 Å². The van der Waals surface area contributed by atoms with E-state index >= 15 is 0 Å². The highest BCUT2D eigenvalue weighted by molar-refractivity contribution is 8.00. The molecule has 120 valence electrons. The van der Waals surface area contributed by atoms with E-state index in [4.69, 9.17) is 0 Å². The second-order valence-corrected chi connectivity index (χ2v) is 6.92. The average Bonchev–Trinajstić information content (AvgIpc) is 3.12. The molecule has 1 aromatic carbocycles. The predicted molar refractivity (Wildman–Crippen MR) is 88.8 cm³/mol. The fraction of sp³-hybridized carbons (Fsp3) is 0.375. The summed E-state index contributed by atoms with van der Waals surface area (Å²) in [4.78, 5) is 26.0. The van der Waals surface area contributed by atoms with Gasteiger partial charge in [0, 0.05) is 31.8 Å². The molecule has 0 saturated carbocycles. The first-order chi connectivity index (χ1) is 11.0. The van der Waals surface area contributed by atoms with Crippen molar-refractivity contribution in [3.05, 3.63) is 35.7 Å². The number of anilines is 1. The quantitative estimate of drug-likeness (QED) is 0.634. The summed E-state index contributed by atoms with van der Waals surface area (Å²) in [5.41, 5.74) is 2.65. The van der Waals surface area contributed by atoms with Gasteiger partial charge in [0.25, 0.3) is 0 Å². The first kappa shape index (κ1) is 15.7. The highest BCUT2D eigenvalue weighted by atomic mass is 32.2. The molecule has 0 saturated heterocycles. The van der Waals surface area contributed by atoms with E-state index in [0.29, 0.717) is 12.1 Å². The Kier molecular flexibility index (Phi) is 4.21. The normalized spacial score (nSPS) is 14.7. The Hall–Kier alpha value is -2.15. The monoisotopic (exact) mass is 330 g/mol. The molecule has 6 nitrogen and oxygen atoms in total. The summed E-state index contributed by atoms with van der Waals surface area (Å²) < 4.78 is 1.79. The zero-order valence-electron chi connectivity index (χ0n) is 13.3. The van der Waals surface area contributed by atoms with Crippen LogP contribution in [0.4, 0.5) is 5.69 Å². The average molecular weight is 330 g/mol. The zero-order chi connectivity index (χ0) is 16.6. The minimum Gasteiger partial charge on any atom is -0.312 e. The van der Waals surface area contributed by atoms with Crippen molar-refractivity contribution in [2.45, 2.75) is 30.7 Å². The van der Waals surface area contributed by atoms with Crippen LogP contribution in [0.5, 0.6) is 0 Å². The predicted octanol–water partition coefficient (Wildman–Crippen LogP) is 2.09. The molecule has 0 radical (unpaired) electrons. The lowest BCUT2D eigenvalue weighted by molar-refractivity contribution is -0.116. The highest BCUT2D eigenvalue weighted by Gasteiger charge is 2.25. The van der Waals surface area contributed by atoms with Gasteiger partial charge in [-0.1, -0.05) is 11.8 Å². The largest absolute Gasteiger partial charge is 0.312 e. The number of hydrogen-bond donors (Lipinski definition) is 0. The maximum Gasteiger partial charge on any atom is 0.223 e. The minimum atomic E-state index is -0.249. The number of benzene rings is 1. The standard InChI is InChI=1S/C16H18N4O2S/c1-10(23-16-18-17-9-19(16)3)15(22)13-4-5-14-12(8-13)6-7-20(14)11(2)21/h4-5,8-10H,6-7H2,1-3H3. The third kappa shape index (κ3) is 3.01. The van der Waals surface area contributed by atoms with Crippen LogP contribution in [-0.2, 0) is 18.3 Å². The van der Waals surface area contributed by atoms with Gasteiger partial charge in [0.15, 0.2) is 10.9 Å². The number of amides is 1. The van der Waals surface area contributed by atoms with Gasteiger partial charge in [0.05, 0.1) is 5.25 Å². The van der Waals surface area contributed by atoms with Crippen LogP contribution >= 0.6 is 11.8 Å². The van der Waals surface area contributed by atoms with E-state index in [2.05, 4.69) is 10.2 Å². The number of thioether (sulfide) groups is 1. The molecule has 0 N–H and O–H groups in total. The molecule has 0 bridgehead atoms. The van der Waals surface area contributed by atoms with Gasteiger partial charge in [0.1, 0.15) is 6.33 Å². The highest BCUT2D eigenvalue weighted by Crippen LogP contribution is 2.30. The molecular weight excluding hydrogens is 312 g/mol. The maximum absolute atomic E-state index is 12.6. The Morgan fingerprint density at radius 3 is 2.78 bits per heavy atom. The SMILES string of the molecule is CC(=O)N1CCc2cc(C(=O)C(C)Sc3nncn3C)ccc21. The molecule has 0 spiro atoms. The van der Waals surface area contributed by atoms with Crippen molar-refractivity contribution in [3.8, 4) is 0 Å². The number of fused-ring (bicyclic) bond motifs is 1. The lowest BCUT2D eigenvalue weighted by Gasteiger charge is -2.15. The van der Waals surface area contributed by atoms with Crippen LogP contribution in [0.25, 0.3) is 0 Å². The molecule has 1 amide bonds. The second-order valence-electron chi connectivity index (χ2n) is 5.61. The molecule has 3 rings (SSSR count). The Morgan fingerprint density at radius 1 is 1.35 bits per heavy atom. The van der Waals surface area contributed by atoms with Crippen molar-refractivity contribution in [1.29, 1.82) is 0 Å². The van der Waals surface area contributed by atoms with Crippen molar-refractivity contribution in [2.75, 3.05) is 11.4 Å². The Bertz CT molecular complexity index is 771. The summed E-state index contributed by atoms with van der Waals surface area (Å²) in [6, 6.07) is 5.58. The number of aromatic nitrogens is 3. The van der Waals surface area contributed by atoms with E-state index in [1.807, 2.05) is 26.1 Å². The van der Waals surface area contributed by atoms with Crippen LogP contribution < -0.4 is 4.90 Å². The lowest BCUT2D eigenvalue weighted by Crippen LogP contribution is -2.25. The molecule has 0 aliphatic carbocycles. The van der Waals surface area contributed by atoms with Gasteiger partial charge in [-0.2, -0.15) is 0 Å². The number of nitrogens with zero attached hydrogens (tertiary/aromatic N) is 4. The van der Waals surface area contributed by atoms with Gasteiger partial charge in [-0.05, 0) is 37.1 Å². The van der Waals surface area contributed by atoms with Gasteiger partial charge in [-0.25, -0.2) is 0 Å². The Labute approximate surface area is 138 Å². The molecule has 1 unspecified atom stereocenters. The lowest BCUT2D eigenvalue weighted by atomic mass is 10.0. The maximum atomic E-state index is 12.6. The number of rotatable bonds is 4. The number of carbonyl (C=O) groups is 2. The van der Waals surface area contributed by atoms with Crippen LogP contribution in [-0.4, -0.2) is 38.2 Å². The first-order valence-corrected chi connectivity index (χ1v) is 8.31. The molecular formula is C16H18N4O2S. The van der Waals surface area contributed by atoms with Gasteiger partial charge in [0.2, 0.25) is 5.91 Å². The summed E-state index contributed by atoms with van der Waals surface area (Å²) in [7, 11) is 1.85. The summed E-state index contributed by atoms with van der Waals surface area (Å²) in [5, 5.41) is 8.29. The van der Waals surface area contributed by atoms with Crippen LogP contribution in [0, 0.1) is 0 Å². The van der Waals surface area contributed by atoms with E-state index in [-0.39, 0.29) is 16.9 Å². The fourth-order valence-corrected chi connectivity index (χ4v) is 3.57. The van der Waals surface area contributed by atoms with Gasteiger partial charge in [-0.15, -0.1) is 10.2 Å². The van der Waals surface area contributed by atoms with Crippen molar-refractivity contribution in [3.63, 3.8) is 0 Å². The van der Waals surface area contributed by atoms with E-state index in [9.17, 15) is 9.59 Å². The van der Waals surface area contributed by atoms with Gasteiger partial charge >= 0.3 is 0 Å². The van der Waals surface area contributed by atoms with E-state index < -0.39 is 0 Å². The summed E-state index contributed by atoms with van der Waals surface area (Å²) >= 11 is 1.39. The number of aryl methyl sites for hydroxylation is 1. The van der Waals surface area contributed by atoms with Crippen LogP contribution in [0.3, 0.4) is 0 Å². The zero-order valence-corrected chi connectivity index (χ0v) is 14.1. The van der Waals surface area contributed by atoms with Crippen LogP contribution in [0.1, 0.15) is 29.8 Å². The summed E-state index contributed by atoms with van der Waals surface area (Å²) in [6.45, 7) is 4.12. The molecule has 0 fully saturated rings. The number of ketones is 1. The van der Waals surface area contributed by atoms with Crippen molar-refractivity contribution in [1.82, 2.24) is 14.8 Å². The van der Waals surface area contributed by atoms with E-state index in [1.54, 1.807) is 28.8 Å². The molecule has 2 aromatic rings. The molecule has 7 heteroatoms. The smallest absolute Gasteiger partial charge is 0.223 e. The Balaban J connectivity index is 1.78. The Morgan fingerprint density at radius 2 is 2.13 bits per heavy atom. The van der Waals surface area contributed by atoms with Crippen molar-refractivity contribution >= 4 is 29.1 Å². The second kappa shape index (κ2) is 6.16. The summed E-state index contributed by atoms with van der Waals surface area (Å²) in [6.07, 6.45) is 2.41. The minimum absolute atomic E-state index is 0.0361. The molecule has 1 atom stereocenters. The number of carbonyl (C=O) groups excluding carboxylic acids is 2. The number of Topliss-reactive ketones (excluding diaryl/α,β-unsaturated/α-hetero) is 1. The summed E-state index contributed by atoms with van der Waals surface area (Å²) in [5.74, 6) is 0.0936. The number of hydrogen-bond acceptors (Lipinski definition) is 5. The molecule has 1 aliphatic heterocycles. The molecule has 23 heavy (non-hydrogen) atoms. The van der Waals surface area contributed by atoms with Crippen molar-refractivity contribution in [2.24, 2.45) is 7.05 Å².